The Labute approximate surface area is 143 Å². The number of carbonyl (C=O) groups is 1. The lowest BCUT2D eigenvalue weighted by Crippen LogP contribution is -2.48. The maximum absolute atomic E-state index is 12.6. The van der Waals surface area contributed by atoms with Gasteiger partial charge in [0.2, 0.25) is 5.91 Å². The molecule has 0 bridgehead atoms. The van der Waals surface area contributed by atoms with Crippen LogP contribution in [0.2, 0.25) is 0 Å². The molecule has 3 rings (SSSR count). The van der Waals surface area contributed by atoms with Crippen LogP contribution in [0, 0.1) is 5.92 Å². The van der Waals surface area contributed by atoms with E-state index in [2.05, 4.69) is 18.0 Å². The summed E-state index contributed by atoms with van der Waals surface area (Å²) in [5, 5.41) is 1.16. The molecule has 126 valence electrons. The number of nitrogens with zero attached hydrogens (tertiary/aromatic N) is 1. The van der Waals surface area contributed by atoms with E-state index in [1.54, 1.807) is 0 Å². The molecule has 3 N–H and O–H groups in total. The second kappa shape index (κ2) is 7.84. The number of H-pyrrole nitrogens is 1. The van der Waals surface area contributed by atoms with E-state index in [9.17, 15) is 4.79 Å². The predicted molar refractivity (Wildman–Crippen MR) is 96.8 cm³/mol. The van der Waals surface area contributed by atoms with Crippen molar-refractivity contribution in [1.29, 1.82) is 0 Å². The van der Waals surface area contributed by atoms with Gasteiger partial charge >= 0.3 is 0 Å². The molecule has 23 heavy (non-hydrogen) atoms. The van der Waals surface area contributed by atoms with Gasteiger partial charge < -0.3 is 15.6 Å². The zero-order valence-electron chi connectivity index (χ0n) is 13.6. The van der Waals surface area contributed by atoms with E-state index in [-0.39, 0.29) is 18.3 Å². The van der Waals surface area contributed by atoms with Crippen LogP contribution in [0.5, 0.6) is 0 Å². The molecule has 0 aliphatic carbocycles. The largest absolute Gasteiger partial charge is 0.361 e. The highest BCUT2D eigenvalue weighted by atomic mass is 35.5. The van der Waals surface area contributed by atoms with Crippen LogP contribution in [-0.2, 0) is 11.2 Å². The lowest BCUT2D eigenvalue weighted by molar-refractivity contribution is -0.134. The topological polar surface area (TPSA) is 62.1 Å². The fourth-order valence-electron chi connectivity index (χ4n) is 3.46. The molecular weight excluding hydrogens is 310 g/mol. The lowest BCUT2D eigenvalue weighted by atomic mass is 9.94. The molecule has 1 unspecified atom stereocenters. The summed E-state index contributed by atoms with van der Waals surface area (Å²) in [5.41, 5.74) is 8.44. The fourth-order valence-corrected chi connectivity index (χ4v) is 3.46. The number of benzene rings is 1. The molecule has 1 aliphatic heterocycles. The number of hydrogen-bond donors (Lipinski definition) is 2. The van der Waals surface area contributed by atoms with Crippen molar-refractivity contribution in [2.75, 3.05) is 13.1 Å². The third-order valence-corrected chi connectivity index (χ3v) is 4.84. The zero-order chi connectivity index (χ0) is 15.5. The summed E-state index contributed by atoms with van der Waals surface area (Å²) in [5.74, 6) is 0.737. The predicted octanol–water partition coefficient (Wildman–Crippen LogP) is 3.11. The summed E-state index contributed by atoms with van der Waals surface area (Å²) in [6.07, 6.45) is 6.04. The zero-order valence-corrected chi connectivity index (χ0v) is 14.4. The Kier molecular flexibility index (Phi) is 6.08. The number of carbonyl (C=O) groups excluding carboxylic acids is 1. The van der Waals surface area contributed by atoms with Crippen molar-refractivity contribution in [3.05, 3.63) is 36.0 Å². The third kappa shape index (κ3) is 3.88. The molecule has 4 nitrogen and oxygen atoms in total. The van der Waals surface area contributed by atoms with Gasteiger partial charge in [0.05, 0.1) is 6.04 Å². The Morgan fingerprint density at radius 3 is 3.00 bits per heavy atom. The number of halogens is 1. The van der Waals surface area contributed by atoms with E-state index >= 15 is 0 Å². The number of aromatic amines is 1. The maximum Gasteiger partial charge on any atom is 0.239 e. The molecular formula is C18H26ClN3O. The highest BCUT2D eigenvalue weighted by Crippen LogP contribution is 2.22. The van der Waals surface area contributed by atoms with Gasteiger partial charge in [-0.05, 0) is 36.8 Å². The average molecular weight is 336 g/mol. The normalized spacial score (nSPS) is 19.4. The molecule has 0 radical (unpaired) electrons. The van der Waals surface area contributed by atoms with Gasteiger partial charge in [0.25, 0.3) is 0 Å². The number of fused-ring (bicyclic) bond motifs is 1. The van der Waals surface area contributed by atoms with Crippen LogP contribution in [0.15, 0.2) is 30.5 Å². The molecule has 1 aromatic heterocycles. The Morgan fingerprint density at radius 2 is 2.22 bits per heavy atom. The molecule has 1 saturated heterocycles. The number of para-hydroxylation sites is 1. The summed E-state index contributed by atoms with van der Waals surface area (Å²) >= 11 is 0. The van der Waals surface area contributed by atoms with Crippen molar-refractivity contribution < 1.29 is 4.79 Å². The van der Waals surface area contributed by atoms with Gasteiger partial charge in [-0.15, -0.1) is 12.4 Å². The number of aromatic nitrogens is 1. The minimum atomic E-state index is -0.449. The number of likely N-dealkylation sites (tertiary alicyclic amines) is 1. The first-order chi connectivity index (χ1) is 10.7. The first-order valence-corrected chi connectivity index (χ1v) is 8.28. The van der Waals surface area contributed by atoms with Crippen molar-refractivity contribution in [3.8, 4) is 0 Å². The number of hydrogen-bond acceptors (Lipinski definition) is 2. The number of nitrogens with one attached hydrogen (secondary N) is 1. The first-order valence-electron chi connectivity index (χ1n) is 8.28. The van der Waals surface area contributed by atoms with E-state index in [4.69, 9.17) is 5.73 Å². The molecule has 1 aliphatic rings. The molecule has 0 spiro atoms. The van der Waals surface area contributed by atoms with Gasteiger partial charge in [-0.2, -0.15) is 0 Å². The van der Waals surface area contributed by atoms with Crippen LogP contribution >= 0.6 is 12.4 Å². The monoisotopic (exact) mass is 335 g/mol. The van der Waals surface area contributed by atoms with E-state index in [1.165, 1.54) is 6.42 Å². The van der Waals surface area contributed by atoms with E-state index < -0.39 is 6.04 Å². The molecule has 0 saturated carbocycles. The van der Waals surface area contributed by atoms with Crippen LogP contribution in [0.1, 0.15) is 31.7 Å². The fraction of sp³-hybridized carbons (Fsp3) is 0.500. The Balaban J connectivity index is 0.00000192. The SMILES string of the molecule is CCC1CCCN(C(=O)[C@@H](N)Cc2c[nH]c3ccccc23)C1.Cl. The van der Waals surface area contributed by atoms with Gasteiger partial charge in [-0.25, -0.2) is 0 Å². The lowest BCUT2D eigenvalue weighted by Gasteiger charge is -2.33. The third-order valence-electron chi connectivity index (χ3n) is 4.84. The summed E-state index contributed by atoms with van der Waals surface area (Å²) in [7, 11) is 0. The van der Waals surface area contributed by atoms with Crippen molar-refractivity contribution in [1.82, 2.24) is 9.88 Å². The second-order valence-electron chi connectivity index (χ2n) is 6.37. The molecule has 5 heteroatoms. The van der Waals surface area contributed by atoms with Crippen molar-refractivity contribution in [2.45, 2.75) is 38.6 Å². The van der Waals surface area contributed by atoms with Crippen LogP contribution in [0.3, 0.4) is 0 Å². The highest BCUT2D eigenvalue weighted by molar-refractivity contribution is 5.86. The number of rotatable bonds is 4. The molecule has 2 aromatic rings. The van der Waals surface area contributed by atoms with Gasteiger partial charge in [0.1, 0.15) is 0 Å². The van der Waals surface area contributed by atoms with Crippen LogP contribution in [0.4, 0.5) is 0 Å². The quantitative estimate of drug-likeness (QED) is 0.901. The minimum Gasteiger partial charge on any atom is -0.361 e. The highest BCUT2D eigenvalue weighted by Gasteiger charge is 2.26. The summed E-state index contributed by atoms with van der Waals surface area (Å²) in [6.45, 7) is 3.93. The molecule has 2 heterocycles. The minimum absolute atomic E-state index is 0. The van der Waals surface area contributed by atoms with Crippen LogP contribution in [0.25, 0.3) is 10.9 Å². The standard InChI is InChI=1S/C18H25N3O.ClH/c1-2-13-6-5-9-21(12-13)18(22)16(19)10-14-11-20-17-8-4-3-7-15(14)17;/h3-4,7-8,11,13,16,20H,2,5-6,9-10,12,19H2,1H3;1H/t13?,16-;/m0./s1. The van der Waals surface area contributed by atoms with Gasteiger partial charge in [-0.3, -0.25) is 4.79 Å². The second-order valence-corrected chi connectivity index (χ2v) is 6.37. The smallest absolute Gasteiger partial charge is 0.239 e. The number of amides is 1. The number of piperidine rings is 1. The summed E-state index contributed by atoms with van der Waals surface area (Å²) < 4.78 is 0. The van der Waals surface area contributed by atoms with E-state index in [1.807, 2.05) is 29.3 Å². The molecule has 1 amide bonds. The number of nitrogens with two attached hydrogens (primary N) is 1. The Bertz CT molecular complexity index is 655. The average Bonchev–Trinajstić information content (AvgIpc) is 2.97. The summed E-state index contributed by atoms with van der Waals surface area (Å²) in [6, 6.07) is 7.69. The van der Waals surface area contributed by atoms with Crippen molar-refractivity contribution in [3.63, 3.8) is 0 Å². The molecule has 1 fully saturated rings. The Hall–Kier alpha value is -1.52. The van der Waals surface area contributed by atoms with Crippen molar-refractivity contribution in [2.24, 2.45) is 11.7 Å². The van der Waals surface area contributed by atoms with Gasteiger partial charge in [0, 0.05) is 30.2 Å². The van der Waals surface area contributed by atoms with E-state index in [0.717, 1.165) is 42.4 Å². The van der Waals surface area contributed by atoms with Crippen LogP contribution < -0.4 is 5.73 Å². The molecule has 2 atom stereocenters. The maximum atomic E-state index is 12.6. The molecule has 1 aromatic carbocycles. The first kappa shape index (κ1) is 17.8. The van der Waals surface area contributed by atoms with Crippen molar-refractivity contribution >= 4 is 29.2 Å². The van der Waals surface area contributed by atoms with Gasteiger partial charge in [0.15, 0.2) is 0 Å². The van der Waals surface area contributed by atoms with Crippen LogP contribution in [-0.4, -0.2) is 34.9 Å². The Morgan fingerprint density at radius 1 is 1.43 bits per heavy atom. The summed E-state index contributed by atoms with van der Waals surface area (Å²) in [4.78, 5) is 17.8. The van der Waals surface area contributed by atoms with E-state index in [0.29, 0.717) is 12.3 Å². The van der Waals surface area contributed by atoms with Gasteiger partial charge in [-0.1, -0.05) is 31.5 Å².